The van der Waals surface area contributed by atoms with E-state index in [0.717, 1.165) is 37.9 Å². The quantitative estimate of drug-likeness (QED) is 0.850. The van der Waals surface area contributed by atoms with E-state index in [0.29, 0.717) is 12.4 Å². The van der Waals surface area contributed by atoms with Gasteiger partial charge in [0.15, 0.2) is 5.82 Å². The Morgan fingerprint density at radius 1 is 1.24 bits per heavy atom. The van der Waals surface area contributed by atoms with Crippen molar-refractivity contribution in [2.24, 2.45) is 11.3 Å². The molecule has 25 heavy (non-hydrogen) atoms. The highest BCUT2D eigenvalue weighted by molar-refractivity contribution is 5.94. The maximum Gasteiger partial charge on any atom is 0.229 e. The minimum absolute atomic E-state index is 0. The molecule has 2 aromatic rings. The van der Waals surface area contributed by atoms with Crippen LogP contribution in [0.15, 0.2) is 36.8 Å². The van der Waals surface area contributed by atoms with Crippen LogP contribution in [0, 0.1) is 11.3 Å². The van der Waals surface area contributed by atoms with E-state index in [2.05, 4.69) is 20.7 Å². The Morgan fingerprint density at radius 2 is 1.96 bits per heavy atom. The zero-order chi connectivity index (χ0) is 15.7. The molecule has 2 aliphatic rings. The maximum absolute atomic E-state index is 12.4. The fraction of sp³-hybridized carbons (Fsp3) is 0.471. The standard InChI is InChI=1S/C17H21N5O.2ClH/c23-16(14-11-17(14)4-8-19-9-5-17)20-15-3-10-22(21-15)12-13-1-6-18-7-2-13;;/h1-3,6-7,10,14,19H,4-5,8-9,11-12H2,(H,20,21,23);2*1H. The van der Waals surface area contributed by atoms with E-state index in [1.54, 1.807) is 12.4 Å². The Morgan fingerprint density at radius 3 is 2.68 bits per heavy atom. The molecular formula is C17H23Cl2N5O. The molecule has 1 atom stereocenters. The first-order valence-electron chi connectivity index (χ1n) is 8.19. The number of carbonyl (C=O) groups is 1. The molecule has 1 amide bonds. The normalized spacial score (nSPS) is 20.2. The van der Waals surface area contributed by atoms with Crippen LogP contribution < -0.4 is 10.6 Å². The van der Waals surface area contributed by atoms with Crippen molar-refractivity contribution >= 4 is 36.5 Å². The lowest BCUT2D eigenvalue weighted by atomic mass is 9.92. The van der Waals surface area contributed by atoms with Crippen molar-refractivity contribution in [2.75, 3.05) is 18.4 Å². The van der Waals surface area contributed by atoms with Crippen molar-refractivity contribution < 1.29 is 4.79 Å². The second-order valence-corrected chi connectivity index (χ2v) is 6.61. The summed E-state index contributed by atoms with van der Waals surface area (Å²) in [5.74, 6) is 0.927. The van der Waals surface area contributed by atoms with E-state index < -0.39 is 0 Å². The van der Waals surface area contributed by atoms with E-state index in [1.165, 1.54) is 0 Å². The van der Waals surface area contributed by atoms with Crippen LogP contribution in [0.1, 0.15) is 24.8 Å². The number of halogens is 2. The van der Waals surface area contributed by atoms with Crippen LogP contribution in [0.5, 0.6) is 0 Å². The van der Waals surface area contributed by atoms with Crippen LogP contribution >= 0.6 is 24.8 Å². The number of piperidine rings is 1. The Labute approximate surface area is 159 Å². The summed E-state index contributed by atoms with van der Waals surface area (Å²) in [6.45, 7) is 2.74. The number of hydrogen-bond donors (Lipinski definition) is 2. The molecule has 0 bridgehead atoms. The summed E-state index contributed by atoms with van der Waals surface area (Å²) in [7, 11) is 0. The minimum Gasteiger partial charge on any atom is -0.317 e. The first kappa shape index (κ1) is 19.7. The molecular weight excluding hydrogens is 361 g/mol. The highest BCUT2D eigenvalue weighted by atomic mass is 35.5. The number of nitrogens with one attached hydrogen (secondary N) is 2. The van der Waals surface area contributed by atoms with Gasteiger partial charge in [-0.05, 0) is 55.5 Å². The van der Waals surface area contributed by atoms with E-state index in [9.17, 15) is 4.79 Å². The zero-order valence-corrected chi connectivity index (χ0v) is 15.5. The van der Waals surface area contributed by atoms with Crippen LogP contribution in [0.25, 0.3) is 0 Å². The summed E-state index contributed by atoms with van der Waals surface area (Å²) in [6, 6.07) is 5.78. The molecule has 136 valence electrons. The Balaban J connectivity index is 0.00000113. The van der Waals surface area contributed by atoms with E-state index >= 15 is 0 Å². The number of nitrogens with zero attached hydrogens (tertiary/aromatic N) is 3. The van der Waals surface area contributed by atoms with Gasteiger partial charge in [-0.1, -0.05) is 0 Å². The van der Waals surface area contributed by atoms with Gasteiger partial charge in [-0.2, -0.15) is 5.10 Å². The fourth-order valence-corrected chi connectivity index (χ4v) is 3.60. The van der Waals surface area contributed by atoms with E-state index in [1.807, 2.05) is 29.1 Å². The lowest BCUT2D eigenvalue weighted by Crippen LogP contribution is -2.31. The predicted octanol–water partition coefficient (Wildman–Crippen LogP) is 2.50. The molecule has 1 unspecified atom stereocenters. The molecule has 2 aromatic heterocycles. The number of anilines is 1. The van der Waals surface area contributed by atoms with Gasteiger partial charge in [-0.25, -0.2) is 0 Å². The van der Waals surface area contributed by atoms with E-state index in [-0.39, 0.29) is 42.1 Å². The van der Waals surface area contributed by atoms with Crippen LogP contribution in [-0.4, -0.2) is 33.8 Å². The van der Waals surface area contributed by atoms with Crippen molar-refractivity contribution in [2.45, 2.75) is 25.8 Å². The molecule has 3 heterocycles. The summed E-state index contributed by atoms with van der Waals surface area (Å²) in [4.78, 5) is 16.4. The lowest BCUT2D eigenvalue weighted by molar-refractivity contribution is -0.118. The molecule has 1 saturated carbocycles. The van der Waals surface area contributed by atoms with Gasteiger partial charge in [0, 0.05) is 30.6 Å². The predicted molar refractivity (Wildman–Crippen MR) is 101 cm³/mol. The third kappa shape index (κ3) is 4.32. The van der Waals surface area contributed by atoms with Crippen molar-refractivity contribution in [3.05, 3.63) is 42.4 Å². The van der Waals surface area contributed by atoms with Crippen LogP contribution in [0.2, 0.25) is 0 Å². The molecule has 4 rings (SSSR count). The second-order valence-electron chi connectivity index (χ2n) is 6.61. The van der Waals surface area contributed by atoms with Gasteiger partial charge >= 0.3 is 0 Å². The summed E-state index contributed by atoms with van der Waals surface area (Å²) < 4.78 is 1.83. The lowest BCUT2D eigenvalue weighted by Gasteiger charge is -2.23. The Bertz CT molecular complexity index is 700. The van der Waals surface area contributed by atoms with E-state index in [4.69, 9.17) is 0 Å². The van der Waals surface area contributed by atoms with Crippen LogP contribution in [0.3, 0.4) is 0 Å². The van der Waals surface area contributed by atoms with Gasteiger partial charge in [-0.3, -0.25) is 14.5 Å². The number of aromatic nitrogens is 3. The SMILES string of the molecule is Cl.Cl.O=C(Nc1ccn(Cc2ccncc2)n1)C1CC12CCNCC2. The minimum atomic E-state index is 0. The van der Waals surface area contributed by atoms with Crippen molar-refractivity contribution in [3.63, 3.8) is 0 Å². The average molecular weight is 384 g/mol. The third-order valence-corrected chi connectivity index (χ3v) is 5.09. The van der Waals surface area contributed by atoms with Gasteiger partial charge in [-0.15, -0.1) is 24.8 Å². The van der Waals surface area contributed by atoms with Gasteiger partial charge < -0.3 is 10.6 Å². The maximum atomic E-state index is 12.4. The topological polar surface area (TPSA) is 71.8 Å². The van der Waals surface area contributed by atoms with Crippen molar-refractivity contribution in [1.29, 1.82) is 0 Å². The Hall–Kier alpha value is -1.63. The number of pyridine rings is 1. The monoisotopic (exact) mass is 383 g/mol. The highest BCUT2D eigenvalue weighted by Crippen LogP contribution is 2.58. The summed E-state index contributed by atoms with van der Waals surface area (Å²) in [6.07, 6.45) is 8.69. The molecule has 1 aliphatic carbocycles. The molecule has 1 aliphatic heterocycles. The first-order valence-corrected chi connectivity index (χ1v) is 8.19. The average Bonchev–Trinajstić information content (AvgIpc) is 3.08. The van der Waals surface area contributed by atoms with Crippen molar-refractivity contribution in [3.8, 4) is 0 Å². The first-order chi connectivity index (χ1) is 11.3. The van der Waals surface area contributed by atoms with Crippen molar-refractivity contribution in [1.82, 2.24) is 20.1 Å². The summed E-state index contributed by atoms with van der Waals surface area (Å²) in [5, 5.41) is 10.8. The number of amides is 1. The molecule has 6 nitrogen and oxygen atoms in total. The Kier molecular flexibility index (Phi) is 6.43. The third-order valence-electron chi connectivity index (χ3n) is 5.09. The number of rotatable bonds is 4. The second kappa shape index (κ2) is 8.17. The highest BCUT2D eigenvalue weighted by Gasteiger charge is 2.57. The summed E-state index contributed by atoms with van der Waals surface area (Å²) >= 11 is 0. The van der Waals surface area contributed by atoms with Gasteiger partial charge in [0.2, 0.25) is 5.91 Å². The zero-order valence-electron chi connectivity index (χ0n) is 13.9. The van der Waals surface area contributed by atoms with Crippen LogP contribution in [-0.2, 0) is 11.3 Å². The van der Waals surface area contributed by atoms with Gasteiger partial charge in [0.25, 0.3) is 0 Å². The molecule has 1 saturated heterocycles. The molecule has 0 aromatic carbocycles. The number of carbonyl (C=O) groups excluding carboxylic acids is 1. The van der Waals surface area contributed by atoms with Gasteiger partial charge in [0.05, 0.1) is 6.54 Å². The van der Waals surface area contributed by atoms with Gasteiger partial charge in [0.1, 0.15) is 0 Å². The molecule has 0 radical (unpaired) electrons. The molecule has 8 heteroatoms. The number of hydrogen-bond acceptors (Lipinski definition) is 4. The smallest absolute Gasteiger partial charge is 0.229 e. The summed E-state index contributed by atoms with van der Waals surface area (Å²) in [5.41, 5.74) is 1.39. The fourth-order valence-electron chi connectivity index (χ4n) is 3.60. The van der Waals surface area contributed by atoms with Crippen LogP contribution in [0.4, 0.5) is 5.82 Å². The molecule has 1 spiro atoms. The largest absolute Gasteiger partial charge is 0.317 e. The molecule has 2 fully saturated rings. The molecule has 2 N–H and O–H groups in total.